The topological polar surface area (TPSA) is 50.4 Å². The van der Waals surface area contributed by atoms with E-state index in [-0.39, 0.29) is 31.3 Å². The normalized spacial score (nSPS) is 11.2. The number of rotatable bonds is 9. The second-order valence-electron chi connectivity index (χ2n) is 4.66. The molecular weight excluding hydrogens is 340 g/mol. The fraction of sp³-hybridized carbons (Fsp3) is 0.500. The van der Waals surface area contributed by atoms with Crippen molar-refractivity contribution in [2.45, 2.75) is 25.4 Å². The highest BCUT2D eigenvalue weighted by atomic mass is 35.5. The van der Waals surface area contributed by atoms with Gasteiger partial charge in [-0.3, -0.25) is 4.79 Å². The van der Waals surface area contributed by atoms with Crippen LogP contribution in [0.4, 0.5) is 23.2 Å². The molecule has 0 atom stereocenters. The quantitative estimate of drug-likeness (QED) is 0.667. The molecule has 1 aromatic carbocycles. The molecule has 0 unspecified atom stereocenters. The van der Waals surface area contributed by atoms with Crippen molar-refractivity contribution in [2.24, 2.45) is 0 Å². The number of halogens is 5. The number of ether oxygens (including phenoxy) is 1. The molecule has 0 radical (unpaired) electrons. The first-order valence-electron chi connectivity index (χ1n) is 6.62. The Balaban J connectivity index is 0.00000484. The van der Waals surface area contributed by atoms with E-state index >= 15 is 0 Å². The fourth-order valence-corrected chi connectivity index (χ4v) is 1.57. The smallest absolute Gasteiger partial charge is 0.330 e. The summed E-state index contributed by atoms with van der Waals surface area (Å²) in [5.41, 5.74) is 0.985. The third kappa shape index (κ3) is 8.15. The Morgan fingerprint density at radius 1 is 1.35 bits per heavy atom. The molecule has 132 valence electrons. The fourth-order valence-electron chi connectivity index (χ4n) is 1.57. The Hall–Kier alpha value is -1.38. The lowest BCUT2D eigenvalue weighted by atomic mass is 10.2. The number of benzene rings is 1. The van der Waals surface area contributed by atoms with Gasteiger partial charge in [0.25, 0.3) is 0 Å². The Bertz CT molecular complexity index is 490. The Kier molecular flexibility index (Phi) is 9.78. The second kappa shape index (κ2) is 10.4. The molecule has 0 heterocycles. The zero-order valence-electron chi connectivity index (χ0n) is 12.5. The van der Waals surface area contributed by atoms with Crippen molar-refractivity contribution in [3.8, 4) is 0 Å². The van der Waals surface area contributed by atoms with E-state index in [2.05, 4.69) is 15.4 Å². The van der Waals surface area contributed by atoms with E-state index in [1.54, 1.807) is 25.2 Å². The van der Waals surface area contributed by atoms with Crippen LogP contribution < -0.4 is 10.6 Å². The second-order valence-corrected chi connectivity index (χ2v) is 4.66. The van der Waals surface area contributed by atoms with Gasteiger partial charge in [-0.2, -0.15) is 8.78 Å². The molecular formula is C14H19ClF4N2O2. The highest BCUT2D eigenvalue weighted by Gasteiger charge is 2.40. The van der Waals surface area contributed by atoms with Crippen molar-refractivity contribution in [1.82, 2.24) is 5.32 Å². The van der Waals surface area contributed by atoms with Gasteiger partial charge in [-0.15, -0.1) is 12.4 Å². The van der Waals surface area contributed by atoms with Crippen LogP contribution in [-0.4, -0.2) is 38.5 Å². The number of amides is 1. The molecule has 23 heavy (non-hydrogen) atoms. The first-order chi connectivity index (χ1) is 10.3. The molecule has 0 saturated carbocycles. The molecule has 0 spiro atoms. The zero-order valence-corrected chi connectivity index (χ0v) is 13.3. The third-order valence-corrected chi connectivity index (χ3v) is 2.70. The summed E-state index contributed by atoms with van der Waals surface area (Å²) < 4.78 is 53.9. The summed E-state index contributed by atoms with van der Waals surface area (Å²) in [5, 5.41) is 5.47. The lowest BCUT2D eigenvalue weighted by Crippen LogP contribution is -2.32. The van der Waals surface area contributed by atoms with Crippen molar-refractivity contribution in [1.29, 1.82) is 0 Å². The molecule has 0 bridgehead atoms. The van der Waals surface area contributed by atoms with Crippen molar-refractivity contribution in [3.05, 3.63) is 29.8 Å². The number of anilines is 1. The van der Waals surface area contributed by atoms with E-state index in [0.717, 1.165) is 0 Å². The summed E-state index contributed by atoms with van der Waals surface area (Å²) in [6, 6.07) is 6.37. The summed E-state index contributed by atoms with van der Waals surface area (Å²) in [6.45, 7) is -1.08. The highest BCUT2D eigenvalue weighted by molar-refractivity contribution is 5.90. The Morgan fingerprint density at radius 2 is 2.04 bits per heavy atom. The van der Waals surface area contributed by atoms with Gasteiger partial charge < -0.3 is 15.4 Å². The van der Waals surface area contributed by atoms with Crippen LogP contribution >= 0.6 is 12.4 Å². The van der Waals surface area contributed by atoms with Gasteiger partial charge in [0.1, 0.15) is 6.61 Å². The maximum absolute atomic E-state index is 12.7. The lowest BCUT2D eigenvalue weighted by molar-refractivity contribution is -0.168. The van der Waals surface area contributed by atoms with Crippen molar-refractivity contribution in [2.75, 3.05) is 25.5 Å². The summed E-state index contributed by atoms with van der Waals surface area (Å²) in [4.78, 5) is 11.5. The number of nitrogens with one attached hydrogen (secondary N) is 2. The Morgan fingerprint density at radius 3 is 2.65 bits per heavy atom. The zero-order chi connectivity index (χ0) is 16.6. The molecule has 2 N–H and O–H groups in total. The third-order valence-electron chi connectivity index (χ3n) is 2.70. The van der Waals surface area contributed by atoms with Crippen LogP contribution in [0.25, 0.3) is 0 Å². The van der Waals surface area contributed by atoms with E-state index in [1.807, 2.05) is 0 Å². The highest BCUT2D eigenvalue weighted by Crippen LogP contribution is 2.23. The molecule has 0 aliphatic heterocycles. The van der Waals surface area contributed by atoms with Crippen molar-refractivity contribution in [3.63, 3.8) is 0 Å². The van der Waals surface area contributed by atoms with Crippen LogP contribution in [0.3, 0.4) is 0 Å². The lowest BCUT2D eigenvalue weighted by Gasteiger charge is -2.15. The van der Waals surface area contributed by atoms with E-state index < -0.39 is 19.0 Å². The van der Waals surface area contributed by atoms with Gasteiger partial charge in [-0.1, -0.05) is 12.1 Å². The molecule has 0 aromatic heterocycles. The van der Waals surface area contributed by atoms with Gasteiger partial charge in [-0.05, 0) is 24.7 Å². The Labute approximate surface area is 138 Å². The summed E-state index contributed by atoms with van der Waals surface area (Å²) in [6.07, 6.45) is -3.47. The average Bonchev–Trinajstić information content (AvgIpc) is 2.45. The van der Waals surface area contributed by atoms with Crippen LogP contribution in [0, 0.1) is 0 Å². The minimum absolute atomic E-state index is 0. The van der Waals surface area contributed by atoms with Crippen LogP contribution in [0.2, 0.25) is 0 Å². The number of carbonyl (C=O) groups is 1. The van der Waals surface area contributed by atoms with Gasteiger partial charge >= 0.3 is 12.3 Å². The molecule has 4 nitrogen and oxygen atoms in total. The van der Waals surface area contributed by atoms with Gasteiger partial charge in [-0.25, -0.2) is 8.78 Å². The largest absolute Gasteiger partial charge is 0.370 e. The van der Waals surface area contributed by atoms with Gasteiger partial charge in [0.2, 0.25) is 5.91 Å². The van der Waals surface area contributed by atoms with E-state index in [0.29, 0.717) is 17.8 Å². The molecule has 0 aliphatic carbocycles. The minimum Gasteiger partial charge on any atom is -0.370 e. The molecule has 1 amide bonds. The monoisotopic (exact) mass is 358 g/mol. The number of hydrogen-bond acceptors (Lipinski definition) is 3. The number of alkyl halides is 4. The predicted molar refractivity (Wildman–Crippen MR) is 81.5 cm³/mol. The maximum atomic E-state index is 12.7. The van der Waals surface area contributed by atoms with Gasteiger partial charge in [0, 0.05) is 18.7 Å². The van der Waals surface area contributed by atoms with Crippen LogP contribution in [0.5, 0.6) is 0 Å². The molecule has 0 fully saturated rings. The summed E-state index contributed by atoms with van der Waals surface area (Å²) >= 11 is 0. The minimum atomic E-state index is -4.17. The molecule has 0 saturated heterocycles. The standard InChI is InChI=1S/C14H18F4N2O2.ClH/c1-19-6-5-12(21)20-11-4-2-3-10(7-11)8-22-9-14(17,18)13(15)16;/h2-4,7,13,19H,5-6,8-9H2,1H3,(H,20,21);1H. The van der Waals surface area contributed by atoms with E-state index in [1.165, 1.54) is 6.07 Å². The first-order valence-corrected chi connectivity index (χ1v) is 6.62. The maximum Gasteiger partial charge on any atom is 0.330 e. The van der Waals surface area contributed by atoms with Gasteiger partial charge in [0.05, 0.1) is 6.61 Å². The van der Waals surface area contributed by atoms with E-state index in [9.17, 15) is 22.4 Å². The molecule has 0 aliphatic rings. The van der Waals surface area contributed by atoms with E-state index in [4.69, 9.17) is 0 Å². The van der Waals surface area contributed by atoms with Gasteiger partial charge in [0.15, 0.2) is 0 Å². The number of carbonyl (C=O) groups excluding carboxylic acids is 1. The van der Waals surface area contributed by atoms with Crippen molar-refractivity contribution < 1.29 is 27.1 Å². The molecule has 1 rings (SSSR count). The predicted octanol–water partition coefficient (Wildman–Crippen LogP) is 3.07. The van der Waals surface area contributed by atoms with Crippen LogP contribution in [0.15, 0.2) is 24.3 Å². The summed E-state index contributed by atoms with van der Waals surface area (Å²) in [5.74, 6) is -4.37. The first kappa shape index (κ1) is 21.6. The number of hydrogen-bond donors (Lipinski definition) is 2. The summed E-state index contributed by atoms with van der Waals surface area (Å²) in [7, 11) is 1.72. The SMILES string of the molecule is CNCCC(=O)Nc1cccc(COCC(F)(F)C(F)F)c1.Cl. The molecule has 9 heteroatoms. The average molecular weight is 359 g/mol. The van der Waals surface area contributed by atoms with Crippen molar-refractivity contribution >= 4 is 24.0 Å². The van der Waals surface area contributed by atoms with Crippen LogP contribution in [-0.2, 0) is 16.1 Å². The molecule has 1 aromatic rings. The van der Waals surface area contributed by atoms with Crippen LogP contribution in [0.1, 0.15) is 12.0 Å².